The molecular weight excluding hydrogens is 252 g/mol. The van der Waals surface area contributed by atoms with E-state index in [4.69, 9.17) is 10.5 Å². The average molecular weight is 270 g/mol. The molecule has 1 fully saturated rings. The predicted molar refractivity (Wildman–Crippen MR) is 69.9 cm³/mol. The van der Waals surface area contributed by atoms with Crippen LogP contribution in [0.3, 0.4) is 0 Å². The standard InChI is InChI=1S/C12H18N2O3S/c1-9-7-11(8-12(13)10(9)2)18(15,16)14-3-5-17-6-4-14/h7-8H,3-6,13H2,1-2H3. The van der Waals surface area contributed by atoms with Gasteiger partial charge in [0.25, 0.3) is 0 Å². The maximum Gasteiger partial charge on any atom is 0.243 e. The topological polar surface area (TPSA) is 72.6 Å². The fourth-order valence-corrected chi connectivity index (χ4v) is 3.47. The smallest absolute Gasteiger partial charge is 0.243 e. The van der Waals surface area contributed by atoms with Gasteiger partial charge in [0.05, 0.1) is 18.1 Å². The summed E-state index contributed by atoms with van der Waals surface area (Å²) in [7, 11) is -3.45. The molecule has 0 bridgehead atoms. The number of hydrogen-bond acceptors (Lipinski definition) is 4. The summed E-state index contributed by atoms with van der Waals surface area (Å²) in [6, 6.07) is 3.21. The Bertz CT molecular complexity index is 525. The van der Waals surface area contributed by atoms with Gasteiger partial charge in [0, 0.05) is 18.8 Å². The van der Waals surface area contributed by atoms with Crippen molar-refractivity contribution in [3.63, 3.8) is 0 Å². The lowest BCUT2D eigenvalue weighted by molar-refractivity contribution is 0.0730. The van der Waals surface area contributed by atoms with Gasteiger partial charge in [-0.2, -0.15) is 4.31 Å². The van der Waals surface area contributed by atoms with Crippen molar-refractivity contribution < 1.29 is 13.2 Å². The zero-order valence-electron chi connectivity index (χ0n) is 10.6. The Morgan fingerprint density at radius 2 is 1.83 bits per heavy atom. The van der Waals surface area contributed by atoms with Gasteiger partial charge in [-0.1, -0.05) is 0 Å². The lowest BCUT2D eigenvalue weighted by Gasteiger charge is -2.26. The van der Waals surface area contributed by atoms with Crippen molar-refractivity contribution in [3.05, 3.63) is 23.3 Å². The first-order chi connectivity index (χ1) is 8.43. The summed E-state index contributed by atoms with van der Waals surface area (Å²) in [4.78, 5) is 0.269. The van der Waals surface area contributed by atoms with Crippen LogP contribution in [0.2, 0.25) is 0 Å². The first-order valence-corrected chi connectivity index (χ1v) is 7.31. The minimum atomic E-state index is -3.45. The lowest BCUT2D eigenvalue weighted by atomic mass is 10.1. The van der Waals surface area contributed by atoms with Crippen molar-refractivity contribution in [1.82, 2.24) is 4.31 Å². The van der Waals surface area contributed by atoms with Gasteiger partial charge in [-0.3, -0.25) is 0 Å². The molecule has 0 atom stereocenters. The number of nitrogens with two attached hydrogens (primary N) is 1. The number of aryl methyl sites for hydroxylation is 1. The van der Waals surface area contributed by atoms with Gasteiger partial charge in [0.15, 0.2) is 0 Å². The second kappa shape index (κ2) is 4.87. The predicted octanol–water partition coefficient (Wildman–Crippen LogP) is 0.907. The van der Waals surface area contributed by atoms with Crippen LogP contribution in [0.4, 0.5) is 5.69 Å². The molecule has 1 aliphatic heterocycles. The van der Waals surface area contributed by atoms with Crippen LogP contribution in [0.15, 0.2) is 17.0 Å². The molecule has 1 aromatic rings. The van der Waals surface area contributed by atoms with Crippen molar-refractivity contribution in [2.45, 2.75) is 18.7 Å². The van der Waals surface area contributed by atoms with Crippen LogP contribution in [0.25, 0.3) is 0 Å². The maximum absolute atomic E-state index is 12.4. The molecule has 2 rings (SSSR count). The third kappa shape index (κ3) is 2.36. The monoisotopic (exact) mass is 270 g/mol. The van der Waals surface area contributed by atoms with E-state index in [9.17, 15) is 8.42 Å². The van der Waals surface area contributed by atoms with Crippen molar-refractivity contribution >= 4 is 15.7 Å². The molecule has 100 valence electrons. The van der Waals surface area contributed by atoms with E-state index in [2.05, 4.69) is 0 Å². The van der Waals surface area contributed by atoms with Crippen LogP contribution < -0.4 is 5.73 Å². The van der Waals surface area contributed by atoms with Crippen molar-refractivity contribution in [1.29, 1.82) is 0 Å². The fourth-order valence-electron chi connectivity index (χ4n) is 1.94. The van der Waals surface area contributed by atoms with E-state index in [0.29, 0.717) is 32.0 Å². The molecule has 5 nitrogen and oxygen atoms in total. The van der Waals surface area contributed by atoms with E-state index in [-0.39, 0.29) is 4.90 Å². The van der Waals surface area contributed by atoms with Crippen molar-refractivity contribution in [3.8, 4) is 0 Å². The third-order valence-electron chi connectivity index (χ3n) is 3.29. The molecular formula is C12H18N2O3S. The van der Waals surface area contributed by atoms with Gasteiger partial charge in [-0.25, -0.2) is 8.42 Å². The van der Waals surface area contributed by atoms with Crippen LogP contribution in [-0.2, 0) is 14.8 Å². The molecule has 1 aromatic carbocycles. The molecule has 0 saturated carbocycles. The molecule has 18 heavy (non-hydrogen) atoms. The Morgan fingerprint density at radius 1 is 1.22 bits per heavy atom. The number of nitrogens with zero attached hydrogens (tertiary/aromatic N) is 1. The van der Waals surface area contributed by atoms with E-state index in [1.807, 2.05) is 13.8 Å². The summed E-state index contributed by atoms with van der Waals surface area (Å²) < 4.78 is 31.4. The first kappa shape index (κ1) is 13.3. The zero-order valence-corrected chi connectivity index (χ0v) is 11.5. The van der Waals surface area contributed by atoms with Crippen LogP contribution in [-0.4, -0.2) is 39.0 Å². The highest BCUT2D eigenvalue weighted by Crippen LogP contribution is 2.24. The highest BCUT2D eigenvalue weighted by molar-refractivity contribution is 7.89. The Labute approximate surface area is 108 Å². The minimum absolute atomic E-state index is 0.269. The number of morpholine rings is 1. The van der Waals surface area contributed by atoms with Crippen LogP contribution >= 0.6 is 0 Å². The molecule has 0 amide bonds. The lowest BCUT2D eigenvalue weighted by Crippen LogP contribution is -2.40. The van der Waals surface area contributed by atoms with Gasteiger partial charge in [-0.05, 0) is 37.1 Å². The molecule has 1 heterocycles. The molecule has 6 heteroatoms. The summed E-state index contributed by atoms with van der Waals surface area (Å²) in [6.45, 7) is 5.43. The Kier molecular flexibility index (Phi) is 3.61. The van der Waals surface area contributed by atoms with Gasteiger partial charge < -0.3 is 10.5 Å². The summed E-state index contributed by atoms with van der Waals surface area (Å²) in [5.74, 6) is 0. The summed E-state index contributed by atoms with van der Waals surface area (Å²) in [5, 5.41) is 0. The van der Waals surface area contributed by atoms with E-state index in [0.717, 1.165) is 11.1 Å². The van der Waals surface area contributed by atoms with Crippen LogP contribution in [0, 0.1) is 13.8 Å². The second-order valence-electron chi connectivity index (χ2n) is 4.47. The molecule has 0 spiro atoms. The number of ether oxygens (including phenoxy) is 1. The third-order valence-corrected chi connectivity index (χ3v) is 5.17. The minimum Gasteiger partial charge on any atom is -0.398 e. The Morgan fingerprint density at radius 3 is 2.39 bits per heavy atom. The average Bonchev–Trinajstić information content (AvgIpc) is 2.36. The normalized spacial score (nSPS) is 17.9. The molecule has 2 N–H and O–H groups in total. The van der Waals surface area contributed by atoms with Crippen molar-refractivity contribution in [2.24, 2.45) is 0 Å². The number of anilines is 1. The largest absolute Gasteiger partial charge is 0.398 e. The molecule has 1 saturated heterocycles. The summed E-state index contributed by atoms with van der Waals surface area (Å²) in [6.07, 6.45) is 0. The van der Waals surface area contributed by atoms with Gasteiger partial charge in [0.2, 0.25) is 10.0 Å². The summed E-state index contributed by atoms with van der Waals surface area (Å²) in [5.41, 5.74) is 8.17. The fraction of sp³-hybridized carbons (Fsp3) is 0.500. The van der Waals surface area contributed by atoms with E-state index in [1.54, 1.807) is 6.07 Å². The van der Waals surface area contributed by atoms with Gasteiger partial charge in [-0.15, -0.1) is 0 Å². The highest BCUT2D eigenvalue weighted by Gasteiger charge is 2.26. The highest BCUT2D eigenvalue weighted by atomic mass is 32.2. The molecule has 0 radical (unpaired) electrons. The zero-order chi connectivity index (χ0) is 13.3. The molecule has 1 aliphatic rings. The second-order valence-corrected chi connectivity index (χ2v) is 6.41. The number of rotatable bonds is 2. The molecule has 0 aromatic heterocycles. The van der Waals surface area contributed by atoms with Gasteiger partial charge in [0.1, 0.15) is 0 Å². The van der Waals surface area contributed by atoms with Gasteiger partial charge >= 0.3 is 0 Å². The summed E-state index contributed by atoms with van der Waals surface area (Å²) >= 11 is 0. The Balaban J connectivity index is 2.41. The number of benzene rings is 1. The molecule has 0 unspecified atom stereocenters. The quantitative estimate of drug-likeness (QED) is 0.811. The first-order valence-electron chi connectivity index (χ1n) is 5.87. The van der Waals surface area contributed by atoms with E-state index >= 15 is 0 Å². The Hall–Kier alpha value is -1.11. The number of hydrogen-bond donors (Lipinski definition) is 1. The number of sulfonamides is 1. The SMILES string of the molecule is Cc1cc(S(=O)(=O)N2CCOCC2)cc(N)c1C. The van der Waals surface area contributed by atoms with E-state index < -0.39 is 10.0 Å². The van der Waals surface area contributed by atoms with Crippen LogP contribution in [0.5, 0.6) is 0 Å². The molecule has 0 aliphatic carbocycles. The van der Waals surface area contributed by atoms with E-state index in [1.165, 1.54) is 10.4 Å². The maximum atomic E-state index is 12.4. The van der Waals surface area contributed by atoms with Crippen LogP contribution in [0.1, 0.15) is 11.1 Å². The number of nitrogen functional groups attached to an aromatic ring is 1. The van der Waals surface area contributed by atoms with Crippen molar-refractivity contribution in [2.75, 3.05) is 32.0 Å².